The van der Waals surface area contributed by atoms with Crippen LogP contribution < -0.4 is 15.5 Å². The molecule has 0 heterocycles. The number of para-hydroxylation sites is 1. The molecule has 0 atom stereocenters. The van der Waals surface area contributed by atoms with E-state index in [0.717, 1.165) is 11.1 Å². The van der Waals surface area contributed by atoms with Gasteiger partial charge in [0, 0.05) is 5.69 Å². The van der Waals surface area contributed by atoms with E-state index >= 15 is 0 Å². The Hall–Kier alpha value is -2.36. The Morgan fingerprint density at radius 3 is 1.86 bits per heavy atom. The van der Waals surface area contributed by atoms with Crippen LogP contribution in [0.3, 0.4) is 0 Å². The number of carbonyl (C=O) groups is 1. The van der Waals surface area contributed by atoms with E-state index in [4.69, 9.17) is 10.0 Å². The maximum atomic E-state index is 12.5. The predicted octanol–water partition coefficient (Wildman–Crippen LogP) is 2.12. The summed E-state index contributed by atoms with van der Waals surface area (Å²) in [6.45, 7) is 7.99. The van der Waals surface area contributed by atoms with E-state index in [9.17, 15) is 13.2 Å². The SMILES string of the molecule is CC(C)c1cccc(C(C)C)c1NC(=O)NS(=O)(=O)c1ccc(B(O)O)cc1. The number of rotatable bonds is 6. The van der Waals surface area contributed by atoms with Gasteiger partial charge in [-0.3, -0.25) is 0 Å². The van der Waals surface area contributed by atoms with Gasteiger partial charge >= 0.3 is 13.1 Å². The number of hydrogen-bond donors (Lipinski definition) is 4. The summed E-state index contributed by atoms with van der Waals surface area (Å²) in [5.74, 6) is 0.283. The minimum Gasteiger partial charge on any atom is -0.423 e. The Morgan fingerprint density at radius 2 is 1.43 bits per heavy atom. The first-order valence-corrected chi connectivity index (χ1v) is 10.4. The molecule has 0 radical (unpaired) electrons. The summed E-state index contributed by atoms with van der Waals surface area (Å²) in [7, 11) is -5.81. The summed E-state index contributed by atoms with van der Waals surface area (Å²) < 4.78 is 26.9. The van der Waals surface area contributed by atoms with Crippen LogP contribution in [0.15, 0.2) is 47.4 Å². The number of hydrogen-bond acceptors (Lipinski definition) is 5. The summed E-state index contributed by atoms with van der Waals surface area (Å²) in [5.41, 5.74) is 2.59. The molecule has 0 aromatic heterocycles. The minimum atomic E-state index is -4.11. The molecule has 2 aromatic rings. The molecule has 0 unspecified atom stereocenters. The number of sulfonamides is 1. The average Bonchev–Trinajstić information content (AvgIpc) is 2.61. The summed E-state index contributed by atoms with van der Waals surface area (Å²) in [6, 6.07) is 9.80. The highest BCUT2D eigenvalue weighted by Crippen LogP contribution is 2.32. The van der Waals surface area contributed by atoms with Crippen molar-refractivity contribution < 1.29 is 23.3 Å². The fourth-order valence-corrected chi connectivity index (χ4v) is 3.74. The van der Waals surface area contributed by atoms with Crippen LogP contribution in [0, 0.1) is 0 Å². The number of benzene rings is 2. The van der Waals surface area contributed by atoms with Crippen LogP contribution in [0.25, 0.3) is 0 Å². The molecule has 0 aliphatic rings. The lowest BCUT2D eigenvalue weighted by atomic mass is 9.81. The molecule has 0 aliphatic carbocycles. The van der Waals surface area contributed by atoms with Crippen molar-refractivity contribution in [3.05, 3.63) is 53.6 Å². The Labute approximate surface area is 166 Å². The summed E-state index contributed by atoms with van der Waals surface area (Å²) >= 11 is 0. The molecule has 2 aromatic carbocycles. The van der Waals surface area contributed by atoms with Crippen molar-refractivity contribution in [3.8, 4) is 0 Å². The van der Waals surface area contributed by atoms with Crippen LogP contribution in [-0.2, 0) is 10.0 Å². The molecule has 0 aliphatic heterocycles. The molecular formula is C19H25BN2O5S. The van der Waals surface area contributed by atoms with E-state index in [2.05, 4.69) is 5.32 Å². The molecule has 7 nitrogen and oxygen atoms in total. The Balaban J connectivity index is 2.26. The van der Waals surface area contributed by atoms with E-state index in [0.29, 0.717) is 5.69 Å². The molecule has 2 amide bonds. The zero-order valence-electron chi connectivity index (χ0n) is 16.3. The number of nitrogens with one attached hydrogen (secondary N) is 2. The molecule has 28 heavy (non-hydrogen) atoms. The van der Waals surface area contributed by atoms with Crippen LogP contribution >= 0.6 is 0 Å². The van der Waals surface area contributed by atoms with Gasteiger partial charge in [-0.2, -0.15) is 0 Å². The van der Waals surface area contributed by atoms with Crippen LogP contribution in [0.5, 0.6) is 0 Å². The topological polar surface area (TPSA) is 116 Å². The quantitative estimate of drug-likeness (QED) is 0.551. The van der Waals surface area contributed by atoms with Gasteiger partial charge in [0.2, 0.25) is 0 Å². The summed E-state index contributed by atoms with van der Waals surface area (Å²) in [6.07, 6.45) is 0. The summed E-state index contributed by atoms with van der Waals surface area (Å²) in [5, 5.41) is 20.9. The molecule has 2 rings (SSSR count). The molecule has 0 fully saturated rings. The monoisotopic (exact) mass is 404 g/mol. The first-order valence-electron chi connectivity index (χ1n) is 8.95. The smallest absolute Gasteiger partial charge is 0.423 e. The number of urea groups is 1. The van der Waals surface area contributed by atoms with E-state index in [1.54, 1.807) is 0 Å². The third-order valence-corrected chi connectivity index (χ3v) is 5.67. The van der Waals surface area contributed by atoms with Gasteiger partial charge in [0.05, 0.1) is 4.90 Å². The highest BCUT2D eigenvalue weighted by molar-refractivity contribution is 7.90. The first-order chi connectivity index (χ1) is 13.0. The zero-order valence-corrected chi connectivity index (χ0v) is 17.1. The second kappa shape index (κ2) is 8.77. The van der Waals surface area contributed by atoms with Crippen LogP contribution in [-0.4, -0.2) is 31.6 Å². The fourth-order valence-electron chi connectivity index (χ4n) is 2.83. The van der Waals surface area contributed by atoms with E-state index in [1.807, 2.05) is 50.6 Å². The molecule has 0 saturated heterocycles. The van der Waals surface area contributed by atoms with Gasteiger partial charge in [0.25, 0.3) is 10.0 Å². The number of amides is 2. The van der Waals surface area contributed by atoms with Gasteiger partial charge in [-0.15, -0.1) is 0 Å². The van der Waals surface area contributed by atoms with Gasteiger partial charge in [-0.25, -0.2) is 17.9 Å². The minimum absolute atomic E-state index is 0.142. The van der Waals surface area contributed by atoms with Gasteiger partial charge in [-0.1, -0.05) is 58.0 Å². The molecule has 0 spiro atoms. The van der Waals surface area contributed by atoms with Crippen molar-refractivity contribution in [2.75, 3.05) is 5.32 Å². The van der Waals surface area contributed by atoms with Crippen LogP contribution in [0.2, 0.25) is 0 Å². The van der Waals surface area contributed by atoms with Crippen molar-refractivity contribution in [2.24, 2.45) is 0 Å². The van der Waals surface area contributed by atoms with Gasteiger partial charge in [0.1, 0.15) is 0 Å². The van der Waals surface area contributed by atoms with Gasteiger partial charge in [-0.05, 0) is 40.6 Å². The molecule has 9 heteroatoms. The Kier molecular flexibility index (Phi) is 6.87. The summed E-state index contributed by atoms with van der Waals surface area (Å²) in [4.78, 5) is 12.3. The second-order valence-electron chi connectivity index (χ2n) is 7.12. The lowest BCUT2D eigenvalue weighted by Gasteiger charge is -2.20. The van der Waals surface area contributed by atoms with Gasteiger partial charge in [0.15, 0.2) is 0 Å². The normalized spacial score (nSPS) is 11.6. The van der Waals surface area contributed by atoms with E-state index in [1.165, 1.54) is 24.3 Å². The highest BCUT2D eigenvalue weighted by atomic mass is 32.2. The van der Waals surface area contributed by atoms with Crippen molar-refractivity contribution >= 4 is 34.3 Å². The standard InChI is InChI=1S/C19H25BN2O5S/c1-12(2)16-6-5-7-17(13(3)4)18(16)21-19(23)22-28(26,27)15-10-8-14(9-11-15)20(24)25/h5-13,24-25H,1-4H3,(H2,21,22,23). The Bertz CT molecular complexity index is 915. The lowest BCUT2D eigenvalue weighted by molar-refractivity contribution is 0.256. The van der Waals surface area contributed by atoms with E-state index < -0.39 is 23.2 Å². The number of carbonyl (C=O) groups excluding carboxylic acids is 1. The molecular weight excluding hydrogens is 379 g/mol. The van der Waals surface area contributed by atoms with E-state index in [-0.39, 0.29) is 22.2 Å². The molecule has 0 saturated carbocycles. The third kappa shape index (κ3) is 5.12. The van der Waals surface area contributed by atoms with Crippen molar-refractivity contribution in [3.63, 3.8) is 0 Å². The highest BCUT2D eigenvalue weighted by Gasteiger charge is 2.21. The average molecular weight is 404 g/mol. The van der Waals surface area contributed by atoms with Crippen LogP contribution in [0.4, 0.5) is 10.5 Å². The van der Waals surface area contributed by atoms with Gasteiger partial charge < -0.3 is 15.4 Å². The van der Waals surface area contributed by atoms with Crippen molar-refractivity contribution in [1.29, 1.82) is 0 Å². The largest absolute Gasteiger partial charge is 0.488 e. The lowest BCUT2D eigenvalue weighted by Crippen LogP contribution is -2.35. The number of anilines is 1. The zero-order chi connectivity index (χ0) is 21.1. The molecule has 150 valence electrons. The fraction of sp³-hybridized carbons (Fsp3) is 0.316. The third-order valence-electron chi connectivity index (χ3n) is 4.33. The van der Waals surface area contributed by atoms with Crippen LogP contribution in [0.1, 0.15) is 50.7 Å². The predicted molar refractivity (Wildman–Crippen MR) is 110 cm³/mol. The molecule has 4 N–H and O–H groups in total. The second-order valence-corrected chi connectivity index (χ2v) is 8.81. The first kappa shape index (κ1) is 21.9. The van der Waals surface area contributed by atoms with Crippen molar-refractivity contribution in [1.82, 2.24) is 4.72 Å². The Morgan fingerprint density at radius 1 is 0.929 bits per heavy atom. The maximum Gasteiger partial charge on any atom is 0.488 e. The van der Waals surface area contributed by atoms with Crippen molar-refractivity contribution in [2.45, 2.75) is 44.4 Å². The molecule has 0 bridgehead atoms. The maximum absolute atomic E-state index is 12.5.